The number of ether oxygens (including phenoxy) is 1. The standard InChI is InChI=1S/C13H14N2O2/c1-17-13(11-4-8-15-9-5-11)12(16)10-2-6-14-7-3-10/h2-9,12-13,16H,1H3. The summed E-state index contributed by atoms with van der Waals surface area (Å²) >= 11 is 0. The minimum absolute atomic E-state index is 0.402. The van der Waals surface area contributed by atoms with Gasteiger partial charge in [-0.25, -0.2) is 0 Å². The first-order valence-electron chi connectivity index (χ1n) is 5.33. The molecule has 2 unspecified atom stereocenters. The highest BCUT2D eigenvalue weighted by Gasteiger charge is 2.22. The van der Waals surface area contributed by atoms with E-state index in [4.69, 9.17) is 4.74 Å². The fourth-order valence-corrected chi connectivity index (χ4v) is 1.74. The van der Waals surface area contributed by atoms with Crippen LogP contribution in [0.4, 0.5) is 0 Å². The summed E-state index contributed by atoms with van der Waals surface area (Å²) in [6.07, 6.45) is 5.54. The normalized spacial score (nSPS) is 14.2. The number of nitrogens with zero attached hydrogens (tertiary/aromatic N) is 2. The number of methoxy groups -OCH3 is 1. The Hall–Kier alpha value is -1.78. The first-order chi connectivity index (χ1) is 8.33. The highest BCUT2D eigenvalue weighted by atomic mass is 16.5. The molecular formula is C13H14N2O2. The number of hydrogen-bond donors (Lipinski definition) is 1. The lowest BCUT2D eigenvalue weighted by Gasteiger charge is -2.22. The van der Waals surface area contributed by atoms with E-state index in [2.05, 4.69) is 9.97 Å². The Morgan fingerprint density at radius 3 is 1.88 bits per heavy atom. The van der Waals surface area contributed by atoms with Crippen LogP contribution in [0.1, 0.15) is 23.3 Å². The van der Waals surface area contributed by atoms with Gasteiger partial charge in [0.1, 0.15) is 12.2 Å². The second-order valence-electron chi connectivity index (χ2n) is 3.66. The second-order valence-corrected chi connectivity index (χ2v) is 3.66. The summed E-state index contributed by atoms with van der Waals surface area (Å²) in [7, 11) is 1.58. The predicted octanol–water partition coefficient (Wildman–Crippen LogP) is 1.90. The molecule has 0 saturated heterocycles. The van der Waals surface area contributed by atoms with Crippen LogP contribution < -0.4 is 0 Å². The topological polar surface area (TPSA) is 55.2 Å². The van der Waals surface area contributed by atoms with Crippen LogP contribution >= 0.6 is 0 Å². The van der Waals surface area contributed by atoms with Crippen molar-refractivity contribution in [2.24, 2.45) is 0 Å². The van der Waals surface area contributed by atoms with E-state index >= 15 is 0 Å². The van der Waals surface area contributed by atoms with Crippen molar-refractivity contribution in [2.75, 3.05) is 7.11 Å². The van der Waals surface area contributed by atoms with Crippen molar-refractivity contribution in [1.29, 1.82) is 0 Å². The summed E-state index contributed by atoms with van der Waals surface area (Å²) in [6.45, 7) is 0. The Labute approximate surface area is 99.9 Å². The van der Waals surface area contributed by atoms with Crippen molar-refractivity contribution in [3.63, 3.8) is 0 Å². The quantitative estimate of drug-likeness (QED) is 0.871. The van der Waals surface area contributed by atoms with E-state index in [9.17, 15) is 5.11 Å². The molecule has 0 aromatic carbocycles. The SMILES string of the molecule is COC(c1ccncc1)C(O)c1ccncc1. The smallest absolute Gasteiger partial charge is 0.112 e. The van der Waals surface area contributed by atoms with Crippen molar-refractivity contribution in [3.05, 3.63) is 60.2 Å². The maximum Gasteiger partial charge on any atom is 0.112 e. The zero-order valence-corrected chi connectivity index (χ0v) is 9.52. The van der Waals surface area contributed by atoms with Crippen molar-refractivity contribution in [2.45, 2.75) is 12.2 Å². The predicted molar refractivity (Wildman–Crippen MR) is 63.2 cm³/mol. The molecule has 0 bridgehead atoms. The lowest BCUT2D eigenvalue weighted by Crippen LogP contribution is -2.13. The molecule has 0 aliphatic carbocycles. The van der Waals surface area contributed by atoms with Gasteiger partial charge in [0.05, 0.1) is 0 Å². The Kier molecular flexibility index (Phi) is 3.80. The van der Waals surface area contributed by atoms with Crippen molar-refractivity contribution < 1.29 is 9.84 Å². The number of pyridine rings is 2. The molecule has 0 saturated carbocycles. The van der Waals surface area contributed by atoms with Crippen molar-refractivity contribution >= 4 is 0 Å². The molecule has 88 valence electrons. The highest BCUT2D eigenvalue weighted by Crippen LogP contribution is 2.30. The molecule has 0 spiro atoms. The first-order valence-corrected chi connectivity index (χ1v) is 5.33. The fourth-order valence-electron chi connectivity index (χ4n) is 1.74. The zero-order valence-electron chi connectivity index (χ0n) is 9.52. The summed E-state index contributed by atoms with van der Waals surface area (Å²) in [6, 6.07) is 7.22. The van der Waals surface area contributed by atoms with Gasteiger partial charge in [-0.15, -0.1) is 0 Å². The third-order valence-corrected chi connectivity index (χ3v) is 2.62. The lowest BCUT2D eigenvalue weighted by atomic mass is 10.00. The van der Waals surface area contributed by atoms with E-state index < -0.39 is 12.2 Å². The highest BCUT2D eigenvalue weighted by molar-refractivity contribution is 5.21. The van der Waals surface area contributed by atoms with Crippen LogP contribution in [0.3, 0.4) is 0 Å². The zero-order chi connectivity index (χ0) is 12.1. The monoisotopic (exact) mass is 230 g/mol. The molecule has 2 rings (SSSR count). The van der Waals surface area contributed by atoms with Gasteiger partial charge in [0, 0.05) is 31.9 Å². The molecule has 0 aliphatic rings. The molecule has 2 aromatic rings. The maximum atomic E-state index is 10.3. The molecule has 2 atom stereocenters. The lowest BCUT2D eigenvalue weighted by molar-refractivity contribution is -0.0150. The summed E-state index contributed by atoms with van der Waals surface area (Å²) in [5, 5.41) is 10.3. The van der Waals surface area contributed by atoms with Gasteiger partial charge in [0.2, 0.25) is 0 Å². The van der Waals surface area contributed by atoms with Crippen LogP contribution in [0.25, 0.3) is 0 Å². The van der Waals surface area contributed by atoms with Crippen LogP contribution in [0.2, 0.25) is 0 Å². The van der Waals surface area contributed by atoms with Gasteiger partial charge in [-0.05, 0) is 35.4 Å². The molecule has 0 amide bonds. The second kappa shape index (κ2) is 5.52. The average Bonchev–Trinajstić information content (AvgIpc) is 2.42. The number of aliphatic hydroxyl groups is 1. The van der Waals surface area contributed by atoms with Gasteiger partial charge in [-0.2, -0.15) is 0 Å². The van der Waals surface area contributed by atoms with E-state index in [0.29, 0.717) is 0 Å². The fraction of sp³-hybridized carbons (Fsp3) is 0.231. The van der Waals surface area contributed by atoms with E-state index in [1.165, 1.54) is 0 Å². The molecule has 2 heterocycles. The van der Waals surface area contributed by atoms with E-state index in [0.717, 1.165) is 11.1 Å². The average molecular weight is 230 g/mol. The maximum absolute atomic E-state index is 10.3. The van der Waals surface area contributed by atoms with Crippen LogP contribution in [-0.4, -0.2) is 22.2 Å². The molecule has 4 heteroatoms. The summed E-state index contributed by atoms with van der Waals surface area (Å²) in [4.78, 5) is 7.87. The van der Waals surface area contributed by atoms with Gasteiger partial charge in [0.25, 0.3) is 0 Å². The Balaban J connectivity index is 2.25. The van der Waals surface area contributed by atoms with E-state index in [1.807, 2.05) is 12.1 Å². The Morgan fingerprint density at radius 1 is 0.941 bits per heavy atom. The van der Waals surface area contributed by atoms with Crippen LogP contribution in [-0.2, 0) is 4.74 Å². The van der Waals surface area contributed by atoms with E-state index in [-0.39, 0.29) is 0 Å². The van der Waals surface area contributed by atoms with Gasteiger partial charge < -0.3 is 9.84 Å². The van der Waals surface area contributed by atoms with Crippen LogP contribution in [0.15, 0.2) is 49.1 Å². The number of aromatic nitrogens is 2. The molecule has 17 heavy (non-hydrogen) atoms. The Morgan fingerprint density at radius 2 is 1.41 bits per heavy atom. The molecule has 0 aliphatic heterocycles. The van der Waals surface area contributed by atoms with Crippen LogP contribution in [0, 0.1) is 0 Å². The third kappa shape index (κ3) is 2.67. The van der Waals surface area contributed by atoms with Crippen molar-refractivity contribution in [3.8, 4) is 0 Å². The number of rotatable bonds is 4. The minimum Gasteiger partial charge on any atom is -0.385 e. The van der Waals surface area contributed by atoms with Gasteiger partial charge in [-0.3, -0.25) is 9.97 Å². The largest absolute Gasteiger partial charge is 0.385 e. The summed E-state index contributed by atoms with van der Waals surface area (Å²) < 4.78 is 5.35. The number of aliphatic hydroxyl groups excluding tert-OH is 1. The van der Waals surface area contributed by atoms with Crippen molar-refractivity contribution in [1.82, 2.24) is 9.97 Å². The molecule has 4 nitrogen and oxygen atoms in total. The van der Waals surface area contributed by atoms with Gasteiger partial charge in [-0.1, -0.05) is 0 Å². The van der Waals surface area contributed by atoms with Crippen LogP contribution in [0.5, 0.6) is 0 Å². The van der Waals surface area contributed by atoms with Gasteiger partial charge >= 0.3 is 0 Å². The molecule has 2 aromatic heterocycles. The molecule has 1 N–H and O–H groups in total. The minimum atomic E-state index is -0.717. The van der Waals surface area contributed by atoms with Gasteiger partial charge in [0.15, 0.2) is 0 Å². The molecule has 0 fully saturated rings. The summed E-state index contributed by atoms with van der Waals surface area (Å²) in [5.41, 5.74) is 1.68. The Bertz CT molecular complexity index is 447. The number of hydrogen-bond acceptors (Lipinski definition) is 4. The van der Waals surface area contributed by atoms with E-state index in [1.54, 1.807) is 44.0 Å². The summed E-state index contributed by atoms with van der Waals surface area (Å²) in [5.74, 6) is 0. The molecule has 0 radical (unpaired) electrons. The third-order valence-electron chi connectivity index (χ3n) is 2.62. The first kappa shape index (κ1) is 11.7. The molecular weight excluding hydrogens is 216 g/mol.